The molecule has 0 aromatic heterocycles. The first-order valence-corrected chi connectivity index (χ1v) is 6.66. The van der Waals surface area contributed by atoms with Crippen molar-refractivity contribution in [1.82, 2.24) is 0 Å². The smallest absolute Gasteiger partial charge is 0.113 e. The van der Waals surface area contributed by atoms with Gasteiger partial charge in [0.1, 0.15) is 12.4 Å². The Kier molecular flexibility index (Phi) is 3.04. The van der Waals surface area contributed by atoms with Crippen LogP contribution in [0.1, 0.15) is 58.2 Å². The third kappa shape index (κ3) is 2.60. The van der Waals surface area contributed by atoms with Crippen molar-refractivity contribution < 1.29 is 4.74 Å². The van der Waals surface area contributed by atoms with Crippen LogP contribution in [-0.2, 0) is 16.8 Å². The Morgan fingerprint density at radius 2 is 1.61 bits per heavy atom. The highest BCUT2D eigenvalue weighted by Crippen LogP contribution is 2.35. The standard InChI is InChI=1S/C17H24O/c1-16(2,3)14-8-7-12-11-18-15(17(4,5)6)10-13(12)9-14/h7-10H,11H2,1-6H3. The van der Waals surface area contributed by atoms with E-state index in [-0.39, 0.29) is 10.8 Å². The minimum atomic E-state index is 0.0788. The number of allylic oxidation sites excluding steroid dienone is 1. The van der Waals surface area contributed by atoms with Crippen molar-refractivity contribution in [3.63, 3.8) is 0 Å². The topological polar surface area (TPSA) is 9.23 Å². The zero-order valence-electron chi connectivity index (χ0n) is 12.4. The SMILES string of the molecule is CC(C)(C)C1=Cc2cc(C(C)(C)C)ccc2CO1. The lowest BCUT2D eigenvalue weighted by molar-refractivity contribution is 0.139. The molecule has 0 spiro atoms. The zero-order valence-corrected chi connectivity index (χ0v) is 12.4. The number of hydrogen-bond acceptors (Lipinski definition) is 1. The normalized spacial score (nSPS) is 15.8. The Balaban J connectivity index is 2.45. The Morgan fingerprint density at radius 1 is 0.944 bits per heavy atom. The van der Waals surface area contributed by atoms with Gasteiger partial charge < -0.3 is 4.74 Å². The van der Waals surface area contributed by atoms with Gasteiger partial charge in [0.05, 0.1) is 0 Å². The molecule has 0 N–H and O–H groups in total. The van der Waals surface area contributed by atoms with Crippen molar-refractivity contribution >= 4 is 6.08 Å². The fourth-order valence-electron chi connectivity index (χ4n) is 2.10. The van der Waals surface area contributed by atoms with Gasteiger partial charge in [-0.15, -0.1) is 0 Å². The van der Waals surface area contributed by atoms with Crippen molar-refractivity contribution in [2.45, 2.75) is 53.6 Å². The van der Waals surface area contributed by atoms with E-state index in [0.717, 1.165) is 5.76 Å². The first-order chi connectivity index (χ1) is 8.18. The second-order valence-corrected chi connectivity index (χ2v) is 7.21. The molecule has 2 rings (SSSR count). The van der Waals surface area contributed by atoms with Gasteiger partial charge in [-0.1, -0.05) is 59.7 Å². The van der Waals surface area contributed by atoms with E-state index >= 15 is 0 Å². The lowest BCUT2D eigenvalue weighted by atomic mass is 9.84. The molecule has 1 aliphatic heterocycles. The van der Waals surface area contributed by atoms with E-state index in [9.17, 15) is 0 Å². The second-order valence-electron chi connectivity index (χ2n) is 7.21. The molecule has 0 atom stereocenters. The second kappa shape index (κ2) is 4.15. The number of hydrogen-bond donors (Lipinski definition) is 0. The number of benzene rings is 1. The highest BCUT2D eigenvalue weighted by atomic mass is 16.5. The van der Waals surface area contributed by atoms with Gasteiger partial charge in [0.2, 0.25) is 0 Å². The largest absolute Gasteiger partial charge is 0.493 e. The van der Waals surface area contributed by atoms with Crippen LogP contribution in [0, 0.1) is 5.41 Å². The van der Waals surface area contributed by atoms with Crippen LogP contribution in [-0.4, -0.2) is 0 Å². The molecule has 0 unspecified atom stereocenters. The van der Waals surface area contributed by atoms with E-state index < -0.39 is 0 Å². The van der Waals surface area contributed by atoms with Crippen LogP contribution in [0.25, 0.3) is 6.08 Å². The molecule has 1 heteroatoms. The van der Waals surface area contributed by atoms with Crippen LogP contribution in [0.3, 0.4) is 0 Å². The van der Waals surface area contributed by atoms with E-state index in [1.54, 1.807) is 0 Å². The maximum Gasteiger partial charge on any atom is 0.113 e. The summed E-state index contributed by atoms with van der Waals surface area (Å²) in [5, 5.41) is 0. The lowest BCUT2D eigenvalue weighted by Crippen LogP contribution is -2.17. The molecule has 1 aromatic rings. The maximum absolute atomic E-state index is 5.86. The van der Waals surface area contributed by atoms with E-state index in [0.29, 0.717) is 6.61 Å². The van der Waals surface area contributed by atoms with Gasteiger partial charge in [0.15, 0.2) is 0 Å². The van der Waals surface area contributed by atoms with E-state index in [4.69, 9.17) is 4.74 Å². The van der Waals surface area contributed by atoms with Crippen molar-refractivity contribution in [3.05, 3.63) is 40.6 Å². The number of fused-ring (bicyclic) bond motifs is 1. The highest BCUT2D eigenvalue weighted by molar-refractivity contribution is 5.59. The predicted molar refractivity (Wildman–Crippen MR) is 77.4 cm³/mol. The Labute approximate surface area is 111 Å². The zero-order chi connectivity index (χ0) is 13.6. The first kappa shape index (κ1) is 13.2. The highest BCUT2D eigenvalue weighted by Gasteiger charge is 2.23. The van der Waals surface area contributed by atoms with Crippen LogP contribution in [0.5, 0.6) is 0 Å². The van der Waals surface area contributed by atoms with Crippen LogP contribution in [0.2, 0.25) is 0 Å². The fraction of sp³-hybridized carbons (Fsp3) is 0.529. The molecule has 18 heavy (non-hydrogen) atoms. The summed E-state index contributed by atoms with van der Waals surface area (Å²) < 4.78 is 5.86. The van der Waals surface area contributed by atoms with Crippen LogP contribution in [0.15, 0.2) is 24.0 Å². The number of ether oxygens (including phenoxy) is 1. The summed E-state index contributed by atoms with van der Waals surface area (Å²) in [6.45, 7) is 14.0. The lowest BCUT2D eigenvalue weighted by Gasteiger charge is -2.28. The van der Waals surface area contributed by atoms with Gasteiger partial charge in [-0.25, -0.2) is 0 Å². The molecule has 0 radical (unpaired) electrons. The molecular formula is C17H24O. The molecule has 0 bridgehead atoms. The first-order valence-electron chi connectivity index (χ1n) is 6.66. The molecule has 0 aliphatic carbocycles. The molecule has 1 nitrogen and oxygen atoms in total. The Hall–Kier alpha value is -1.24. The minimum absolute atomic E-state index is 0.0788. The maximum atomic E-state index is 5.86. The predicted octanol–water partition coefficient (Wildman–Crippen LogP) is 4.90. The average molecular weight is 244 g/mol. The number of rotatable bonds is 0. The van der Waals surface area contributed by atoms with Gasteiger partial charge in [0, 0.05) is 5.41 Å². The van der Waals surface area contributed by atoms with Crippen molar-refractivity contribution in [1.29, 1.82) is 0 Å². The summed E-state index contributed by atoms with van der Waals surface area (Å²) in [7, 11) is 0. The summed E-state index contributed by atoms with van der Waals surface area (Å²) in [5.74, 6) is 1.08. The average Bonchev–Trinajstić information content (AvgIpc) is 2.25. The molecule has 98 valence electrons. The van der Waals surface area contributed by atoms with Gasteiger partial charge >= 0.3 is 0 Å². The third-order valence-corrected chi connectivity index (χ3v) is 3.42. The summed E-state index contributed by atoms with van der Waals surface area (Å²) in [4.78, 5) is 0. The minimum Gasteiger partial charge on any atom is -0.493 e. The van der Waals surface area contributed by atoms with Gasteiger partial charge in [0.25, 0.3) is 0 Å². The molecule has 1 aromatic carbocycles. The van der Waals surface area contributed by atoms with Crippen molar-refractivity contribution in [2.24, 2.45) is 5.41 Å². The summed E-state index contributed by atoms with van der Waals surface area (Å²) >= 11 is 0. The van der Waals surface area contributed by atoms with E-state index in [1.165, 1.54) is 16.7 Å². The summed E-state index contributed by atoms with van der Waals surface area (Å²) in [6, 6.07) is 6.73. The fourth-order valence-corrected chi connectivity index (χ4v) is 2.10. The Morgan fingerprint density at radius 3 is 2.17 bits per heavy atom. The monoisotopic (exact) mass is 244 g/mol. The molecule has 0 fully saturated rings. The van der Waals surface area contributed by atoms with Gasteiger partial charge in [-0.3, -0.25) is 0 Å². The molecular weight excluding hydrogens is 220 g/mol. The molecule has 1 heterocycles. The molecule has 0 saturated carbocycles. The third-order valence-electron chi connectivity index (χ3n) is 3.42. The molecule has 0 saturated heterocycles. The summed E-state index contributed by atoms with van der Waals surface area (Å²) in [6.07, 6.45) is 2.20. The quantitative estimate of drug-likeness (QED) is 0.630. The van der Waals surface area contributed by atoms with Gasteiger partial charge in [-0.2, -0.15) is 0 Å². The van der Waals surface area contributed by atoms with Crippen molar-refractivity contribution in [3.8, 4) is 0 Å². The van der Waals surface area contributed by atoms with Crippen LogP contribution < -0.4 is 0 Å². The molecule has 1 aliphatic rings. The van der Waals surface area contributed by atoms with Crippen molar-refractivity contribution in [2.75, 3.05) is 0 Å². The van der Waals surface area contributed by atoms with E-state index in [1.807, 2.05) is 0 Å². The Bertz CT molecular complexity index is 481. The van der Waals surface area contributed by atoms with Crippen LogP contribution >= 0.6 is 0 Å². The van der Waals surface area contributed by atoms with E-state index in [2.05, 4.69) is 65.8 Å². The summed E-state index contributed by atoms with van der Waals surface area (Å²) in [5.41, 5.74) is 4.26. The van der Waals surface area contributed by atoms with Gasteiger partial charge in [-0.05, 0) is 28.2 Å². The molecule has 0 amide bonds. The van der Waals surface area contributed by atoms with Crippen LogP contribution in [0.4, 0.5) is 0 Å².